The van der Waals surface area contributed by atoms with Crippen LogP contribution in [0, 0.1) is 11.3 Å². The fourth-order valence-electron chi connectivity index (χ4n) is 11.3. The van der Waals surface area contributed by atoms with Crippen LogP contribution < -0.4 is 0 Å². The summed E-state index contributed by atoms with van der Waals surface area (Å²) in [5.41, 5.74) is 16.5. The molecule has 2 aromatic heterocycles. The molecule has 13 rings (SSSR count). The van der Waals surface area contributed by atoms with E-state index in [0.717, 1.165) is 12.1 Å². The fraction of sp³-hybridized carbons (Fsp3) is 0.0833. The number of aromatic nitrogens is 2. The van der Waals surface area contributed by atoms with Crippen LogP contribution in [0.15, 0.2) is 194 Å². The van der Waals surface area contributed by atoms with E-state index in [1.54, 1.807) is 0 Å². The van der Waals surface area contributed by atoms with Crippen molar-refractivity contribution in [3.63, 3.8) is 0 Å². The Labute approximate surface area is 365 Å². The average molecular weight is 804 g/mol. The zero-order valence-corrected chi connectivity index (χ0v) is 35.1. The molecule has 63 heavy (non-hydrogen) atoms. The molecule has 0 bridgehead atoms. The molecule has 0 spiro atoms. The van der Waals surface area contributed by atoms with Crippen molar-refractivity contribution < 1.29 is 0 Å². The van der Waals surface area contributed by atoms with Crippen molar-refractivity contribution in [1.29, 1.82) is 5.26 Å². The van der Waals surface area contributed by atoms with E-state index < -0.39 is 0 Å². The first-order valence-corrected chi connectivity index (χ1v) is 22.0. The lowest BCUT2D eigenvalue weighted by atomic mass is 9.80. The van der Waals surface area contributed by atoms with Gasteiger partial charge in [-0.3, -0.25) is 0 Å². The van der Waals surface area contributed by atoms with Crippen LogP contribution in [0.3, 0.4) is 0 Å². The summed E-state index contributed by atoms with van der Waals surface area (Å²) in [7, 11) is 0. The summed E-state index contributed by atoms with van der Waals surface area (Å²) in [6, 6.07) is 69.3. The van der Waals surface area contributed by atoms with Crippen LogP contribution in [-0.4, -0.2) is 9.13 Å². The van der Waals surface area contributed by atoms with Crippen LogP contribution in [0.2, 0.25) is 0 Å². The van der Waals surface area contributed by atoms with E-state index in [4.69, 9.17) is 0 Å². The molecule has 296 valence electrons. The predicted molar refractivity (Wildman–Crippen MR) is 264 cm³/mol. The van der Waals surface area contributed by atoms with Crippen molar-refractivity contribution in [2.75, 3.05) is 0 Å². The molecule has 0 aliphatic heterocycles. The molecule has 0 saturated heterocycles. The molecule has 0 amide bonds. The number of fused-ring (bicyclic) bond motifs is 13. The van der Waals surface area contributed by atoms with E-state index >= 15 is 0 Å². The first-order valence-electron chi connectivity index (χ1n) is 22.0. The number of nitrogens with zero attached hydrogens (tertiary/aromatic N) is 3. The summed E-state index contributed by atoms with van der Waals surface area (Å²) in [4.78, 5) is 0. The van der Waals surface area contributed by atoms with Gasteiger partial charge in [-0.05, 0) is 116 Å². The fourth-order valence-corrected chi connectivity index (χ4v) is 11.3. The van der Waals surface area contributed by atoms with Gasteiger partial charge in [-0.1, -0.05) is 159 Å². The summed E-state index contributed by atoms with van der Waals surface area (Å²) in [6.45, 7) is 4.60. The normalized spacial score (nSPS) is 15.5. The van der Waals surface area contributed by atoms with Crippen molar-refractivity contribution in [2.45, 2.75) is 31.7 Å². The van der Waals surface area contributed by atoms with Crippen LogP contribution in [-0.2, 0) is 5.41 Å². The van der Waals surface area contributed by atoms with Gasteiger partial charge in [-0.2, -0.15) is 5.26 Å². The van der Waals surface area contributed by atoms with E-state index in [2.05, 4.69) is 217 Å². The molecule has 2 aliphatic rings. The standard InChI is InChI=1S/C60H41N3/c1-60(2)53-30-37(36-61)20-25-48(53)49-26-22-40(34-54(49)60)42-31-43(33-45(32-42)62-55-19-11-10-18-52(55)58-46-16-8-6-12-38(46)24-29-56(58)62)41-23-27-50-51-28-21-39-13-7-9-17-47(39)59(51)63(57(50)35-41)44-14-4-3-5-15-44/h3-32,34-35,45H,33H2,1-2H3. The summed E-state index contributed by atoms with van der Waals surface area (Å²) in [6.07, 6.45) is 5.81. The second kappa shape index (κ2) is 13.3. The van der Waals surface area contributed by atoms with Crippen molar-refractivity contribution in [2.24, 2.45) is 0 Å². The molecule has 1 unspecified atom stereocenters. The van der Waals surface area contributed by atoms with Crippen LogP contribution >= 0.6 is 0 Å². The third-order valence-electron chi connectivity index (χ3n) is 14.2. The second-order valence-electron chi connectivity index (χ2n) is 18.0. The number of nitriles is 1. The maximum absolute atomic E-state index is 9.82. The van der Waals surface area contributed by atoms with Gasteiger partial charge in [-0.25, -0.2) is 0 Å². The molecule has 3 nitrogen and oxygen atoms in total. The molecule has 2 heterocycles. The topological polar surface area (TPSA) is 33.6 Å². The molecule has 0 radical (unpaired) electrons. The van der Waals surface area contributed by atoms with Crippen LogP contribution in [0.5, 0.6) is 0 Å². The van der Waals surface area contributed by atoms with Gasteiger partial charge < -0.3 is 9.13 Å². The third-order valence-corrected chi connectivity index (χ3v) is 14.2. The molecular formula is C60H41N3. The first-order chi connectivity index (χ1) is 30.9. The van der Waals surface area contributed by atoms with E-state index in [1.807, 2.05) is 6.07 Å². The Morgan fingerprint density at radius 1 is 0.540 bits per heavy atom. The molecule has 0 N–H and O–H groups in total. The summed E-state index contributed by atoms with van der Waals surface area (Å²) in [5.74, 6) is 0. The van der Waals surface area contributed by atoms with Gasteiger partial charge in [0, 0.05) is 43.6 Å². The quantitative estimate of drug-likeness (QED) is 0.174. The molecule has 11 aromatic rings. The van der Waals surface area contributed by atoms with Gasteiger partial charge in [0.15, 0.2) is 0 Å². The lowest BCUT2D eigenvalue weighted by Crippen LogP contribution is -2.15. The monoisotopic (exact) mass is 803 g/mol. The summed E-state index contributed by atoms with van der Waals surface area (Å²) >= 11 is 0. The molecule has 9 aromatic carbocycles. The highest BCUT2D eigenvalue weighted by Gasteiger charge is 2.36. The highest BCUT2D eigenvalue weighted by atomic mass is 15.0. The Hall–Kier alpha value is -7.93. The highest BCUT2D eigenvalue weighted by molar-refractivity contribution is 6.21. The lowest BCUT2D eigenvalue weighted by molar-refractivity contribution is 0.657. The Morgan fingerprint density at radius 2 is 1.21 bits per heavy atom. The number of benzene rings is 9. The zero-order valence-electron chi connectivity index (χ0n) is 35.1. The zero-order chi connectivity index (χ0) is 42.0. The number of hydrogen-bond acceptors (Lipinski definition) is 1. The number of allylic oxidation sites excluding steroid dienone is 4. The van der Waals surface area contributed by atoms with Crippen LogP contribution in [0.1, 0.15) is 54.1 Å². The summed E-state index contributed by atoms with van der Waals surface area (Å²) < 4.78 is 5.08. The minimum Gasteiger partial charge on any atom is -0.333 e. The first kappa shape index (κ1) is 35.8. The minimum atomic E-state index is -0.247. The van der Waals surface area contributed by atoms with Crippen molar-refractivity contribution in [3.05, 3.63) is 222 Å². The van der Waals surface area contributed by atoms with Gasteiger partial charge in [0.1, 0.15) is 0 Å². The van der Waals surface area contributed by atoms with Crippen LogP contribution in [0.25, 0.3) is 93.1 Å². The van der Waals surface area contributed by atoms with Crippen molar-refractivity contribution in [3.8, 4) is 22.9 Å². The van der Waals surface area contributed by atoms with Gasteiger partial charge in [-0.15, -0.1) is 0 Å². The van der Waals surface area contributed by atoms with Gasteiger partial charge in [0.05, 0.1) is 34.2 Å². The third kappa shape index (κ3) is 5.19. The Morgan fingerprint density at radius 3 is 2.03 bits per heavy atom. The molecule has 1 atom stereocenters. The molecule has 3 heteroatoms. The van der Waals surface area contributed by atoms with E-state index in [9.17, 15) is 5.26 Å². The largest absolute Gasteiger partial charge is 0.333 e. The van der Waals surface area contributed by atoms with E-state index in [-0.39, 0.29) is 11.5 Å². The Balaban J connectivity index is 1.05. The van der Waals surface area contributed by atoms with E-state index in [0.29, 0.717) is 5.56 Å². The maximum Gasteiger partial charge on any atom is 0.0991 e. The summed E-state index contributed by atoms with van der Waals surface area (Å²) in [5, 5.41) is 20.0. The van der Waals surface area contributed by atoms with Gasteiger partial charge >= 0.3 is 0 Å². The average Bonchev–Trinajstić information content (AvgIpc) is 3.94. The van der Waals surface area contributed by atoms with Crippen molar-refractivity contribution >= 4 is 76.3 Å². The lowest BCUT2D eigenvalue weighted by Gasteiger charge is -2.27. The Bertz CT molecular complexity index is 3860. The minimum absolute atomic E-state index is 0.0415. The van der Waals surface area contributed by atoms with Gasteiger partial charge in [0.25, 0.3) is 0 Å². The number of hydrogen-bond donors (Lipinski definition) is 0. The van der Waals surface area contributed by atoms with Crippen LogP contribution in [0.4, 0.5) is 0 Å². The predicted octanol–water partition coefficient (Wildman–Crippen LogP) is 15.5. The molecule has 0 saturated carbocycles. The maximum atomic E-state index is 9.82. The Kier molecular flexibility index (Phi) is 7.55. The SMILES string of the molecule is CC1(C)c2cc(C#N)ccc2-c2ccc(C3=CC(n4c5ccccc5c5c6ccccc6ccc54)CC(c4ccc5c6ccc7ccccc7c6n(-c6ccccc6)c5c4)=C3)cc21. The molecule has 2 aliphatic carbocycles. The number of rotatable bonds is 4. The molecular weight excluding hydrogens is 763 g/mol. The van der Waals surface area contributed by atoms with E-state index in [1.165, 1.54) is 110 Å². The second-order valence-corrected chi connectivity index (χ2v) is 18.0. The van der Waals surface area contributed by atoms with Crippen molar-refractivity contribution in [1.82, 2.24) is 9.13 Å². The smallest absolute Gasteiger partial charge is 0.0991 e. The molecule has 0 fully saturated rings. The van der Waals surface area contributed by atoms with Gasteiger partial charge in [0.2, 0.25) is 0 Å². The highest BCUT2D eigenvalue weighted by Crippen LogP contribution is 2.51. The number of para-hydroxylation sites is 2.